The highest BCUT2D eigenvalue weighted by molar-refractivity contribution is 7.89. The minimum Gasteiger partial charge on any atom is -0.454 e. The number of morpholine rings is 1. The van der Waals surface area contributed by atoms with Crippen molar-refractivity contribution in [3.63, 3.8) is 0 Å². The van der Waals surface area contributed by atoms with Crippen molar-refractivity contribution in [2.75, 3.05) is 32.9 Å². The zero-order valence-corrected chi connectivity index (χ0v) is 18.4. The lowest BCUT2D eigenvalue weighted by Gasteiger charge is -2.55. The summed E-state index contributed by atoms with van der Waals surface area (Å²) in [4.78, 5) is 25.6. The number of Topliss-reactive ketones (excluding diaryl/α,β-unsaturated/α-hetero) is 1. The van der Waals surface area contributed by atoms with Crippen molar-refractivity contribution in [3.8, 4) is 0 Å². The molecule has 31 heavy (non-hydrogen) atoms. The Labute approximate surface area is 183 Å². The number of benzene rings is 1. The summed E-state index contributed by atoms with van der Waals surface area (Å²) in [6.07, 6.45) is 6.61. The molecule has 1 saturated heterocycles. The molecule has 0 spiro atoms. The average Bonchev–Trinajstić information content (AvgIpc) is 2.77. The number of ether oxygens (including phenoxy) is 2. The second-order valence-electron chi connectivity index (χ2n) is 9.74. The van der Waals surface area contributed by atoms with Crippen molar-refractivity contribution in [3.05, 3.63) is 29.8 Å². The largest absolute Gasteiger partial charge is 0.454 e. The van der Waals surface area contributed by atoms with E-state index in [0.717, 1.165) is 19.3 Å². The second-order valence-corrected chi connectivity index (χ2v) is 11.7. The molecule has 7 nitrogen and oxygen atoms in total. The summed E-state index contributed by atoms with van der Waals surface area (Å²) in [7, 11) is -3.61. The number of rotatable bonds is 6. The molecule has 1 aromatic rings. The van der Waals surface area contributed by atoms with E-state index in [1.54, 1.807) is 0 Å². The van der Waals surface area contributed by atoms with E-state index in [1.807, 2.05) is 0 Å². The molecule has 0 aromatic heterocycles. The van der Waals surface area contributed by atoms with Crippen LogP contribution in [0.1, 0.15) is 48.9 Å². The number of hydrogen-bond donors (Lipinski definition) is 0. The van der Waals surface area contributed by atoms with Gasteiger partial charge in [-0.1, -0.05) is 0 Å². The van der Waals surface area contributed by atoms with Crippen LogP contribution in [0.25, 0.3) is 0 Å². The highest BCUT2D eigenvalue weighted by Crippen LogP contribution is 2.60. The number of carbonyl (C=O) groups excluding carboxylic acids is 2. The van der Waals surface area contributed by atoms with Gasteiger partial charge in [0.1, 0.15) is 0 Å². The van der Waals surface area contributed by atoms with Gasteiger partial charge in [-0.2, -0.15) is 4.31 Å². The lowest BCUT2D eigenvalue weighted by molar-refractivity contribution is -0.147. The predicted molar refractivity (Wildman–Crippen MR) is 112 cm³/mol. The van der Waals surface area contributed by atoms with Crippen LogP contribution in [-0.4, -0.2) is 57.4 Å². The summed E-state index contributed by atoms with van der Waals surface area (Å²) < 4.78 is 37.3. The lowest BCUT2D eigenvalue weighted by atomic mass is 9.48. The fraction of sp³-hybridized carbons (Fsp3) is 0.652. The first-order chi connectivity index (χ1) is 14.9. The maximum Gasteiger partial charge on any atom is 0.338 e. The fourth-order valence-electron chi connectivity index (χ4n) is 6.52. The number of esters is 1. The van der Waals surface area contributed by atoms with Crippen LogP contribution in [0.5, 0.6) is 0 Å². The third-order valence-corrected chi connectivity index (χ3v) is 9.57. The molecule has 1 aliphatic heterocycles. The smallest absolute Gasteiger partial charge is 0.338 e. The highest BCUT2D eigenvalue weighted by atomic mass is 32.2. The van der Waals surface area contributed by atoms with Crippen LogP contribution in [0.4, 0.5) is 0 Å². The van der Waals surface area contributed by atoms with Gasteiger partial charge in [0.15, 0.2) is 12.4 Å². The molecule has 4 bridgehead atoms. The molecule has 5 fully saturated rings. The van der Waals surface area contributed by atoms with Gasteiger partial charge < -0.3 is 9.47 Å². The molecule has 1 aromatic carbocycles. The Morgan fingerprint density at radius 3 is 2.06 bits per heavy atom. The van der Waals surface area contributed by atoms with Crippen LogP contribution in [0.3, 0.4) is 0 Å². The molecule has 4 aliphatic carbocycles. The topological polar surface area (TPSA) is 90.0 Å². The Morgan fingerprint density at radius 2 is 1.52 bits per heavy atom. The fourth-order valence-corrected chi connectivity index (χ4v) is 7.93. The van der Waals surface area contributed by atoms with E-state index in [9.17, 15) is 18.0 Å². The molecule has 0 radical (unpaired) electrons. The SMILES string of the molecule is O=C(OCC(=O)C12CC3CC(CC(C3)C1)C2)c1ccc(S(=O)(=O)N2CCOCC2)cc1. The zero-order valence-electron chi connectivity index (χ0n) is 17.6. The quantitative estimate of drug-likeness (QED) is 0.623. The summed E-state index contributed by atoms with van der Waals surface area (Å²) >= 11 is 0. The van der Waals surface area contributed by atoms with Gasteiger partial charge in [0.2, 0.25) is 10.0 Å². The van der Waals surface area contributed by atoms with Gasteiger partial charge >= 0.3 is 5.97 Å². The van der Waals surface area contributed by atoms with E-state index in [2.05, 4.69) is 0 Å². The number of sulfonamides is 1. The van der Waals surface area contributed by atoms with E-state index < -0.39 is 16.0 Å². The third kappa shape index (κ3) is 3.94. The Morgan fingerprint density at radius 1 is 0.968 bits per heavy atom. The molecule has 168 valence electrons. The molecule has 8 heteroatoms. The molecule has 5 aliphatic rings. The van der Waals surface area contributed by atoms with Crippen molar-refractivity contribution < 1.29 is 27.5 Å². The summed E-state index contributed by atoms with van der Waals surface area (Å²) in [6.45, 7) is 1.19. The minimum absolute atomic E-state index is 0.0615. The number of carbonyl (C=O) groups is 2. The van der Waals surface area contributed by atoms with E-state index in [4.69, 9.17) is 9.47 Å². The zero-order chi connectivity index (χ0) is 21.6. The Hall–Kier alpha value is -1.77. The average molecular weight is 448 g/mol. The Kier molecular flexibility index (Phi) is 5.43. The van der Waals surface area contributed by atoms with Gasteiger partial charge in [-0.25, -0.2) is 13.2 Å². The van der Waals surface area contributed by atoms with Gasteiger partial charge in [0, 0.05) is 18.5 Å². The number of ketones is 1. The van der Waals surface area contributed by atoms with E-state index >= 15 is 0 Å². The number of nitrogens with zero attached hydrogens (tertiary/aromatic N) is 1. The van der Waals surface area contributed by atoms with Crippen LogP contribution in [-0.2, 0) is 24.3 Å². The minimum atomic E-state index is -3.61. The molecular formula is C23H29NO6S. The van der Waals surface area contributed by atoms with Gasteiger partial charge in [-0.05, 0) is 80.5 Å². The normalized spacial score (nSPS) is 32.7. The first-order valence-electron chi connectivity index (χ1n) is 11.2. The van der Waals surface area contributed by atoms with Crippen molar-refractivity contribution >= 4 is 21.8 Å². The molecule has 0 N–H and O–H groups in total. The van der Waals surface area contributed by atoms with Crippen molar-refractivity contribution in [2.45, 2.75) is 43.4 Å². The van der Waals surface area contributed by atoms with Crippen molar-refractivity contribution in [2.24, 2.45) is 23.2 Å². The summed E-state index contributed by atoms with van der Waals surface area (Å²) in [5, 5.41) is 0. The summed E-state index contributed by atoms with van der Waals surface area (Å²) in [6, 6.07) is 5.74. The van der Waals surface area contributed by atoms with Crippen molar-refractivity contribution in [1.82, 2.24) is 4.31 Å². The second kappa shape index (κ2) is 7.98. The van der Waals surface area contributed by atoms with E-state index in [0.29, 0.717) is 44.1 Å². The third-order valence-electron chi connectivity index (χ3n) is 7.66. The first-order valence-corrected chi connectivity index (χ1v) is 12.7. The molecule has 6 rings (SSSR count). The summed E-state index contributed by atoms with van der Waals surface area (Å²) in [5.41, 5.74) is -0.0373. The molecule has 0 unspecified atom stereocenters. The molecular weight excluding hydrogens is 418 g/mol. The predicted octanol–water partition coefficient (Wildman–Crippen LogP) is 2.65. The molecule has 0 atom stereocenters. The van der Waals surface area contributed by atoms with Gasteiger partial charge in [-0.15, -0.1) is 0 Å². The molecule has 4 saturated carbocycles. The molecule has 0 amide bonds. The Bertz CT molecular complexity index is 929. The van der Waals surface area contributed by atoms with Crippen molar-refractivity contribution in [1.29, 1.82) is 0 Å². The van der Waals surface area contributed by atoms with Gasteiger partial charge in [0.05, 0.1) is 23.7 Å². The highest BCUT2D eigenvalue weighted by Gasteiger charge is 2.54. The first kappa shape index (κ1) is 21.1. The number of hydrogen-bond acceptors (Lipinski definition) is 6. The molecule has 1 heterocycles. The summed E-state index contributed by atoms with van der Waals surface area (Å²) in [5.74, 6) is 1.45. The lowest BCUT2D eigenvalue weighted by Crippen LogP contribution is -2.51. The van der Waals surface area contributed by atoms with E-state index in [1.165, 1.54) is 47.8 Å². The van der Waals surface area contributed by atoms with Crippen LogP contribution < -0.4 is 0 Å². The van der Waals surface area contributed by atoms with Gasteiger partial charge in [-0.3, -0.25) is 4.79 Å². The maximum absolute atomic E-state index is 13.0. The van der Waals surface area contributed by atoms with Crippen LogP contribution in [0.2, 0.25) is 0 Å². The van der Waals surface area contributed by atoms with Crippen LogP contribution in [0, 0.1) is 23.2 Å². The monoisotopic (exact) mass is 447 g/mol. The Balaban J connectivity index is 1.21. The van der Waals surface area contributed by atoms with E-state index in [-0.39, 0.29) is 28.3 Å². The standard InChI is InChI=1S/C23H29NO6S/c25-21(23-12-16-9-17(13-23)11-18(10-16)14-23)15-30-22(26)19-1-3-20(4-2-19)31(27,28)24-5-7-29-8-6-24/h1-4,16-18H,5-15H2. The van der Waals surface area contributed by atoms with Gasteiger partial charge in [0.25, 0.3) is 0 Å². The maximum atomic E-state index is 13.0. The van der Waals surface area contributed by atoms with Crippen LogP contribution >= 0.6 is 0 Å². The van der Waals surface area contributed by atoms with Crippen LogP contribution in [0.15, 0.2) is 29.2 Å².